The lowest BCUT2D eigenvalue weighted by atomic mass is 10.2. The number of thioether (sulfide) groups is 1. The van der Waals surface area contributed by atoms with Crippen molar-refractivity contribution in [3.63, 3.8) is 0 Å². The fraction of sp³-hybridized carbons (Fsp3) is 0.278. The molecule has 1 heterocycles. The predicted octanol–water partition coefficient (Wildman–Crippen LogP) is 3.24. The van der Waals surface area contributed by atoms with E-state index in [0.29, 0.717) is 0 Å². The topological polar surface area (TPSA) is 72.9 Å². The Labute approximate surface area is 150 Å². The maximum atomic E-state index is 12.3. The van der Waals surface area contributed by atoms with E-state index < -0.39 is 23.2 Å². The smallest absolute Gasteiger partial charge is 0.329 e. The first kappa shape index (κ1) is 18.8. The second-order valence-corrected chi connectivity index (χ2v) is 6.13. The lowest BCUT2D eigenvalue weighted by Crippen LogP contribution is -2.42. The molecule has 1 fully saturated rings. The first-order valence-corrected chi connectivity index (χ1v) is 8.54. The van der Waals surface area contributed by atoms with E-state index in [9.17, 15) is 14.4 Å². The summed E-state index contributed by atoms with van der Waals surface area (Å²) in [5, 5.41) is -0.477. The first-order valence-electron chi connectivity index (χ1n) is 7.72. The number of ether oxygens (including phenoxy) is 2. The molecule has 25 heavy (non-hydrogen) atoms. The Bertz CT molecular complexity index is 723. The minimum Gasteiger partial charge on any atom is -0.497 e. The van der Waals surface area contributed by atoms with Crippen LogP contribution in [0.25, 0.3) is 6.08 Å². The summed E-state index contributed by atoms with van der Waals surface area (Å²) in [4.78, 5) is 37.3. The second-order valence-electron chi connectivity index (χ2n) is 5.13. The lowest BCUT2D eigenvalue weighted by Gasteiger charge is -2.19. The van der Waals surface area contributed by atoms with Crippen LogP contribution >= 0.6 is 11.8 Å². The van der Waals surface area contributed by atoms with Crippen molar-refractivity contribution in [2.45, 2.75) is 19.9 Å². The molecule has 132 valence electrons. The number of rotatable bonds is 6. The van der Waals surface area contributed by atoms with Crippen LogP contribution in [-0.2, 0) is 14.3 Å². The zero-order chi connectivity index (χ0) is 18.4. The first-order chi connectivity index (χ1) is 12.0. The zero-order valence-electron chi connectivity index (χ0n) is 14.2. The van der Waals surface area contributed by atoms with Gasteiger partial charge in [-0.25, -0.2) is 4.79 Å². The van der Waals surface area contributed by atoms with Gasteiger partial charge in [-0.3, -0.25) is 14.5 Å². The molecule has 0 aliphatic carbocycles. The Balaban J connectivity index is 2.08. The van der Waals surface area contributed by atoms with Gasteiger partial charge in [0.2, 0.25) is 0 Å². The molecule has 6 nitrogen and oxygen atoms in total. The van der Waals surface area contributed by atoms with Crippen molar-refractivity contribution in [2.24, 2.45) is 0 Å². The molecular weight excluding hydrogens is 342 g/mol. The Morgan fingerprint density at radius 3 is 2.56 bits per heavy atom. The minimum atomic E-state index is -0.941. The molecule has 2 amide bonds. The normalized spacial score (nSPS) is 17.4. The zero-order valence-corrected chi connectivity index (χ0v) is 15.0. The number of hydrogen-bond acceptors (Lipinski definition) is 6. The number of carbonyl (C=O) groups excluding carboxylic acids is 3. The summed E-state index contributed by atoms with van der Waals surface area (Å²) >= 11 is 0.806. The number of methoxy groups -OCH3 is 1. The van der Waals surface area contributed by atoms with E-state index in [1.165, 1.54) is 6.92 Å². The summed E-state index contributed by atoms with van der Waals surface area (Å²) in [5.74, 6) is -0.332. The molecule has 1 atom stereocenters. The SMILES string of the molecule is CCOC(=O)[C@H](C)N1C(=O)S/C(=C/C=C\c2ccc(OC)cc2)C1=O. The maximum absolute atomic E-state index is 12.3. The summed E-state index contributed by atoms with van der Waals surface area (Å²) < 4.78 is 9.95. The van der Waals surface area contributed by atoms with E-state index in [4.69, 9.17) is 9.47 Å². The van der Waals surface area contributed by atoms with Crippen LogP contribution in [-0.4, -0.2) is 41.8 Å². The Morgan fingerprint density at radius 2 is 1.96 bits per heavy atom. The van der Waals surface area contributed by atoms with Gasteiger partial charge in [0, 0.05) is 0 Å². The quantitative estimate of drug-likeness (QED) is 0.572. The molecular formula is C18H19NO5S. The average molecular weight is 361 g/mol. The number of amides is 2. The van der Waals surface area contributed by atoms with E-state index in [0.717, 1.165) is 28.0 Å². The summed E-state index contributed by atoms with van der Waals surface area (Å²) in [6.07, 6.45) is 5.06. The van der Waals surface area contributed by atoms with Crippen LogP contribution < -0.4 is 4.74 Å². The largest absolute Gasteiger partial charge is 0.497 e. The Morgan fingerprint density at radius 1 is 1.28 bits per heavy atom. The molecule has 0 radical (unpaired) electrons. The van der Waals surface area contributed by atoms with Gasteiger partial charge < -0.3 is 9.47 Å². The molecule has 2 rings (SSSR count). The van der Waals surface area contributed by atoms with Crippen LogP contribution in [0.3, 0.4) is 0 Å². The van der Waals surface area contributed by atoms with Crippen molar-refractivity contribution in [1.82, 2.24) is 4.90 Å². The molecule has 0 unspecified atom stereocenters. The number of nitrogens with zero attached hydrogens (tertiary/aromatic N) is 1. The number of imide groups is 1. The molecule has 0 spiro atoms. The summed E-state index contributed by atoms with van der Waals surface area (Å²) in [6, 6.07) is 6.46. The number of benzene rings is 1. The fourth-order valence-corrected chi connectivity index (χ4v) is 3.02. The highest BCUT2D eigenvalue weighted by molar-refractivity contribution is 8.18. The van der Waals surface area contributed by atoms with Crippen LogP contribution in [0.2, 0.25) is 0 Å². The van der Waals surface area contributed by atoms with Crippen molar-refractivity contribution >= 4 is 35.0 Å². The highest BCUT2D eigenvalue weighted by Crippen LogP contribution is 2.32. The average Bonchev–Trinajstić information content (AvgIpc) is 2.89. The summed E-state index contributed by atoms with van der Waals surface area (Å²) in [6.45, 7) is 3.34. The van der Waals surface area contributed by atoms with Gasteiger partial charge in [0.05, 0.1) is 18.6 Å². The van der Waals surface area contributed by atoms with Crippen molar-refractivity contribution < 1.29 is 23.9 Å². The van der Waals surface area contributed by atoms with Gasteiger partial charge in [0.25, 0.3) is 11.1 Å². The van der Waals surface area contributed by atoms with E-state index >= 15 is 0 Å². The Hall–Kier alpha value is -2.54. The van der Waals surface area contributed by atoms with Crippen LogP contribution in [0.1, 0.15) is 19.4 Å². The van der Waals surface area contributed by atoms with Gasteiger partial charge in [0.15, 0.2) is 0 Å². The standard InChI is InChI=1S/C18H19NO5S/c1-4-24-17(21)12(2)19-16(20)15(25-18(19)22)7-5-6-13-8-10-14(23-3)11-9-13/h5-12H,4H2,1-3H3/b6-5-,15-7+/t12-/m0/s1. The number of hydrogen-bond donors (Lipinski definition) is 0. The van der Waals surface area contributed by atoms with Gasteiger partial charge in [-0.15, -0.1) is 0 Å². The van der Waals surface area contributed by atoms with E-state index in [-0.39, 0.29) is 11.5 Å². The van der Waals surface area contributed by atoms with Crippen LogP contribution in [0, 0.1) is 0 Å². The molecule has 1 saturated heterocycles. The molecule has 0 saturated carbocycles. The molecule has 0 N–H and O–H groups in total. The highest BCUT2D eigenvalue weighted by Gasteiger charge is 2.41. The van der Waals surface area contributed by atoms with E-state index in [1.807, 2.05) is 30.3 Å². The maximum Gasteiger partial charge on any atom is 0.329 e. The third-order valence-electron chi connectivity index (χ3n) is 3.49. The summed E-state index contributed by atoms with van der Waals surface area (Å²) in [5.41, 5.74) is 0.927. The van der Waals surface area contributed by atoms with Gasteiger partial charge >= 0.3 is 5.97 Å². The minimum absolute atomic E-state index is 0.194. The second kappa shape index (κ2) is 8.53. The third-order valence-corrected chi connectivity index (χ3v) is 4.39. The van der Waals surface area contributed by atoms with Crippen LogP contribution in [0.15, 0.2) is 41.3 Å². The highest BCUT2D eigenvalue weighted by atomic mass is 32.2. The third kappa shape index (κ3) is 4.51. The Kier molecular flexibility index (Phi) is 6.41. The molecule has 1 aromatic rings. The van der Waals surface area contributed by atoms with Crippen LogP contribution in [0.5, 0.6) is 5.75 Å². The summed E-state index contributed by atoms with van der Waals surface area (Å²) in [7, 11) is 1.60. The molecule has 1 aromatic carbocycles. The van der Waals surface area contributed by atoms with Crippen molar-refractivity contribution in [1.29, 1.82) is 0 Å². The van der Waals surface area contributed by atoms with Gasteiger partial charge in [-0.2, -0.15) is 0 Å². The molecule has 1 aliphatic heterocycles. The van der Waals surface area contributed by atoms with Gasteiger partial charge in [0.1, 0.15) is 11.8 Å². The molecule has 0 aromatic heterocycles. The number of carbonyl (C=O) groups is 3. The van der Waals surface area contributed by atoms with E-state index in [2.05, 4.69) is 0 Å². The number of esters is 1. The van der Waals surface area contributed by atoms with Crippen molar-refractivity contribution in [2.75, 3.05) is 13.7 Å². The van der Waals surface area contributed by atoms with Crippen molar-refractivity contribution in [3.8, 4) is 5.75 Å². The van der Waals surface area contributed by atoms with Gasteiger partial charge in [-0.1, -0.05) is 24.3 Å². The number of allylic oxidation sites excluding steroid dienone is 2. The van der Waals surface area contributed by atoms with E-state index in [1.54, 1.807) is 26.2 Å². The lowest BCUT2D eigenvalue weighted by molar-refractivity contribution is -0.150. The monoisotopic (exact) mass is 361 g/mol. The fourth-order valence-electron chi connectivity index (χ4n) is 2.16. The van der Waals surface area contributed by atoms with Gasteiger partial charge in [-0.05, 0) is 49.4 Å². The molecule has 1 aliphatic rings. The molecule has 7 heteroatoms. The predicted molar refractivity (Wildman–Crippen MR) is 96.0 cm³/mol. The van der Waals surface area contributed by atoms with Crippen molar-refractivity contribution in [3.05, 3.63) is 46.9 Å². The van der Waals surface area contributed by atoms with Crippen LogP contribution in [0.4, 0.5) is 4.79 Å². The molecule has 0 bridgehead atoms.